The van der Waals surface area contributed by atoms with E-state index in [9.17, 15) is 17.2 Å². The number of H-pyrrole nitrogens is 1. The highest BCUT2D eigenvalue weighted by atomic mass is 35.7. The molecule has 0 aliphatic heterocycles. The highest BCUT2D eigenvalue weighted by Gasteiger charge is 2.20. The number of nitrogens with zero attached hydrogens (tertiary/aromatic N) is 2. The summed E-state index contributed by atoms with van der Waals surface area (Å²) >= 11 is 0. The zero-order chi connectivity index (χ0) is 12.6. The average molecular weight is 280 g/mol. The molecule has 17 heavy (non-hydrogen) atoms. The van der Waals surface area contributed by atoms with Gasteiger partial charge in [-0.1, -0.05) is 6.07 Å². The first-order valence-corrected chi connectivity index (χ1v) is 6.52. The largest absolute Gasteiger partial charge is 0.296 e. The summed E-state index contributed by atoms with van der Waals surface area (Å²) in [4.78, 5) is 3.41. The van der Waals surface area contributed by atoms with Crippen LogP contribution in [0.25, 0.3) is 11.4 Å². The van der Waals surface area contributed by atoms with Crippen LogP contribution in [0.1, 0.15) is 0 Å². The van der Waals surface area contributed by atoms with Crippen LogP contribution < -0.4 is 0 Å². The first kappa shape index (κ1) is 11.9. The smallest absolute Gasteiger partial charge is 0.248 e. The van der Waals surface area contributed by atoms with Gasteiger partial charge in [-0.25, -0.2) is 22.3 Å². The SMILES string of the molecule is O=S(=O)(Cl)c1nc(-c2c(F)cccc2F)n[nH]1. The topological polar surface area (TPSA) is 75.7 Å². The summed E-state index contributed by atoms with van der Waals surface area (Å²) in [5.41, 5.74) is -0.518. The van der Waals surface area contributed by atoms with Gasteiger partial charge < -0.3 is 0 Å². The zero-order valence-electron chi connectivity index (χ0n) is 7.99. The Kier molecular flexibility index (Phi) is 2.84. The molecule has 0 aliphatic rings. The molecule has 1 N–H and O–H groups in total. The lowest BCUT2D eigenvalue weighted by atomic mass is 10.2. The normalized spacial score (nSPS) is 11.7. The monoisotopic (exact) mass is 279 g/mol. The fourth-order valence-corrected chi connectivity index (χ4v) is 1.74. The van der Waals surface area contributed by atoms with E-state index >= 15 is 0 Å². The summed E-state index contributed by atoms with van der Waals surface area (Å²) in [6, 6.07) is 3.17. The molecule has 0 saturated carbocycles. The predicted octanol–water partition coefficient (Wildman–Crippen LogP) is 1.68. The maximum atomic E-state index is 13.3. The molecule has 5 nitrogen and oxygen atoms in total. The second-order valence-electron chi connectivity index (χ2n) is 3.00. The van der Waals surface area contributed by atoms with Gasteiger partial charge in [0.15, 0.2) is 5.82 Å². The van der Waals surface area contributed by atoms with Crippen LogP contribution in [0, 0.1) is 11.6 Å². The third-order valence-electron chi connectivity index (χ3n) is 1.88. The molecule has 90 valence electrons. The molecule has 9 heteroatoms. The van der Waals surface area contributed by atoms with Crippen molar-refractivity contribution in [3.8, 4) is 11.4 Å². The molecule has 1 aromatic carbocycles. The number of benzene rings is 1. The Morgan fingerprint density at radius 1 is 1.24 bits per heavy atom. The highest BCUT2D eigenvalue weighted by molar-refractivity contribution is 8.13. The van der Waals surface area contributed by atoms with Crippen LogP contribution in [0.2, 0.25) is 0 Å². The average Bonchev–Trinajstić information content (AvgIpc) is 2.65. The summed E-state index contributed by atoms with van der Waals surface area (Å²) in [7, 11) is 0.872. The van der Waals surface area contributed by atoms with Crippen LogP contribution in [0.3, 0.4) is 0 Å². The fraction of sp³-hybridized carbons (Fsp3) is 0. The van der Waals surface area contributed by atoms with E-state index in [-0.39, 0.29) is 0 Å². The summed E-state index contributed by atoms with van der Waals surface area (Å²) in [5.74, 6) is -2.22. The summed E-state index contributed by atoms with van der Waals surface area (Å²) in [6.07, 6.45) is 0. The number of aromatic nitrogens is 3. The van der Waals surface area contributed by atoms with Gasteiger partial charge in [0.1, 0.15) is 11.6 Å². The fourth-order valence-electron chi connectivity index (χ4n) is 1.18. The van der Waals surface area contributed by atoms with Crippen molar-refractivity contribution in [1.29, 1.82) is 0 Å². The van der Waals surface area contributed by atoms with Crippen molar-refractivity contribution >= 4 is 19.7 Å². The minimum Gasteiger partial charge on any atom is -0.248 e. The number of rotatable bonds is 2. The van der Waals surface area contributed by atoms with Gasteiger partial charge in [0.05, 0.1) is 5.56 Å². The second kappa shape index (κ2) is 4.04. The van der Waals surface area contributed by atoms with Gasteiger partial charge in [-0.2, -0.15) is 10.1 Å². The molecule has 0 aliphatic carbocycles. The third kappa shape index (κ3) is 2.27. The Balaban J connectivity index is 2.59. The van der Waals surface area contributed by atoms with Gasteiger partial charge in [0.25, 0.3) is 14.2 Å². The Bertz CT molecular complexity index is 651. The van der Waals surface area contributed by atoms with Crippen LogP contribution >= 0.6 is 10.7 Å². The van der Waals surface area contributed by atoms with Gasteiger partial charge in [0, 0.05) is 10.7 Å². The van der Waals surface area contributed by atoms with Gasteiger partial charge in [-0.05, 0) is 12.1 Å². The number of nitrogens with one attached hydrogen (secondary N) is 1. The lowest BCUT2D eigenvalue weighted by Gasteiger charge is -1.98. The first-order valence-electron chi connectivity index (χ1n) is 4.21. The molecule has 1 aromatic heterocycles. The minimum atomic E-state index is -4.12. The maximum absolute atomic E-state index is 13.3. The van der Waals surface area contributed by atoms with E-state index in [1.807, 2.05) is 5.10 Å². The third-order valence-corrected chi connectivity index (χ3v) is 2.97. The summed E-state index contributed by atoms with van der Waals surface area (Å²) in [5, 5.41) is 4.71. The molecule has 0 fully saturated rings. The molecule has 1 heterocycles. The molecule has 0 radical (unpaired) electrons. The standard InChI is InChI=1S/C8H4ClF2N3O2S/c9-17(15,16)8-12-7(13-14-8)6-4(10)2-1-3-5(6)11/h1-3H,(H,12,13,14). The summed E-state index contributed by atoms with van der Waals surface area (Å²) in [6.45, 7) is 0. The lowest BCUT2D eigenvalue weighted by Crippen LogP contribution is -1.94. The Hall–Kier alpha value is -1.54. The van der Waals surface area contributed by atoms with Gasteiger partial charge in [-0.15, -0.1) is 0 Å². The maximum Gasteiger partial charge on any atom is 0.296 e. The molecular weight excluding hydrogens is 276 g/mol. The second-order valence-corrected chi connectivity index (χ2v) is 5.48. The first-order chi connectivity index (χ1) is 7.89. The van der Waals surface area contributed by atoms with Gasteiger partial charge in [-0.3, -0.25) is 0 Å². The molecule has 0 saturated heterocycles. The molecule has 0 bridgehead atoms. The zero-order valence-corrected chi connectivity index (χ0v) is 9.56. The van der Waals surface area contributed by atoms with Crippen molar-refractivity contribution in [2.75, 3.05) is 0 Å². The lowest BCUT2D eigenvalue weighted by molar-refractivity contribution is 0.587. The van der Waals surface area contributed by atoms with Crippen LogP contribution in [-0.2, 0) is 9.05 Å². The Morgan fingerprint density at radius 3 is 2.29 bits per heavy atom. The van der Waals surface area contributed by atoms with E-state index < -0.39 is 37.2 Å². The van der Waals surface area contributed by atoms with Gasteiger partial charge >= 0.3 is 0 Å². The predicted molar refractivity (Wildman–Crippen MR) is 54.8 cm³/mol. The minimum absolute atomic E-state index is 0.417. The van der Waals surface area contributed by atoms with E-state index in [1.54, 1.807) is 0 Å². The number of aromatic amines is 1. The molecule has 0 amide bonds. The number of hydrogen-bond donors (Lipinski definition) is 1. The molecule has 0 unspecified atom stereocenters. The number of hydrogen-bond acceptors (Lipinski definition) is 4. The van der Waals surface area contributed by atoms with Crippen molar-refractivity contribution in [3.05, 3.63) is 29.8 Å². The van der Waals surface area contributed by atoms with Crippen molar-refractivity contribution in [3.63, 3.8) is 0 Å². The molecular formula is C8H4ClF2N3O2S. The Morgan fingerprint density at radius 2 is 1.82 bits per heavy atom. The number of halogens is 3. The van der Waals surface area contributed by atoms with E-state index in [2.05, 4.69) is 10.1 Å². The Labute approximate surface area is 98.9 Å². The molecule has 0 atom stereocenters. The van der Waals surface area contributed by atoms with Crippen LogP contribution in [-0.4, -0.2) is 23.6 Å². The van der Waals surface area contributed by atoms with E-state index in [0.717, 1.165) is 12.1 Å². The summed E-state index contributed by atoms with van der Waals surface area (Å²) < 4.78 is 48.4. The van der Waals surface area contributed by atoms with Crippen molar-refractivity contribution < 1.29 is 17.2 Å². The van der Waals surface area contributed by atoms with Crippen LogP contribution in [0.4, 0.5) is 8.78 Å². The van der Waals surface area contributed by atoms with E-state index in [1.165, 1.54) is 6.07 Å². The molecule has 2 aromatic rings. The van der Waals surface area contributed by atoms with E-state index in [4.69, 9.17) is 10.7 Å². The van der Waals surface area contributed by atoms with E-state index in [0.29, 0.717) is 0 Å². The van der Waals surface area contributed by atoms with Crippen molar-refractivity contribution in [1.82, 2.24) is 15.2 Å². The van der Waals surface area contributed by atoms with Crippen LogP contribution in [0.15, 0.2) is 23.4 Å². The van der Waals surface area contributed by atoms with Crippen molar-refractivity contribution in [2.45, 2.75) is 5.16 Å². The molecule has 2 rings (SSSR count). The van der Waals surface area contributed by atoms with Gasteiger partial charge in [0.2, 0.25) is 0 Å². The highest BCUT2D eigenvalue weighted by Crippen LogP contribution is 2.23. The molecule has 0 spiro atoms. The quantitative estimate of drug-likeness (QED) is 0.849. The van der Waals surface area contributed by atoms with Crippen molar-refractivity contribution in [2.24, 2.45) is 0 Å². The van der Waals surface area contributed by atoms with Crippen LogP contribution in [0.5, 0.6) is 0 Å².